The number of unbranched alkanes of at least 4 members (excludes halogenated alkanes) is 1. The second-order valence-electron chi connectivity index (χ2n) is 6.57. The molecule has 1 aliphatic heterocycles. The average molecular weight is 329 g/mol. The fourth-order valence-electron chi connectivity index (χ4n) is 2.29. The zero-order valence-electron chi connectivity index (χ0n) is 14.9. The summed E-state index contributed by atoms with van der Waals surface area (Å²) in [4.78, 5) is 34.9. The van der Waals surface area contributed by atoms with Gasteiger partial charge in [0.05, 0.1) is 0 Å². The average Bonchev–Trinajstić information content (AvgIpc) is 2.38. The standard InChI is InChI=1S/C14H27N3O2.C2H4O2/c1-10(2)9-12-14(19)15-11(13(18)16-12)7-5-6-8-17(3)4;1-2(3)4/h10-12H,5-9H2,1-4H3,(H,15,19)(H,16,18);1H3,(H,3,4)/t11-,12-;/m0./s1. The molecule has 3 N–H and O–H groups in total. The number of aliphatic carboxylic acids is 1. The molecule has 0 bridgehead atoms. The van der Waals surface area contributed by atoms with Gasteiger partial charge in [-0.3, -0.25) is 14.4 Å². The highest BCUT2D eigenvalue weighted by molar-refractivity contribution is 5.96. The summed E-state index contributed by atoms with van der Waals surface area (Å²) in [5.74, 6) is -0.506. The Morgan fingerprint density at radius 2 is 1.61 bits per heavy atom. The molecule has 0 aliphatic carbocycles. The molecular formula is C16H31N3O4. The van der Waals surface area contributed by atoms with Crippen molar-refractivity contribution in [2.45, 2.75) is 58.5 Å². The molecule has 0 aromatic heterocycles. The maximum absolute atomic E-state index is 11.9. The van der Waals surface area contributed by atoms with Crippen LogP contribution in [0.25, 0.3) is 0 Å². The number of rotatable bonds is 7. The zero-order chi connectivity index (χ0) is 18.0. The number of amides is 2. The normalized spacial score (nSPS) is 20.7. The van der Waals surface area contributed by atoms with Gasteiger partial charge in [-0.05, 0) is 52.2 Å². The first-order valence-corrected chi connectivity index (χ1v) is 8.08. The van der Waals surface area contributed by atoms with Crippen LogP contribution in [0.5, 0.6) is 0 Å². The fourth-order valence-corrected chi connectivity index (χ4v) is 2.29. The summed E-state index contributed by atoms with van der Waals surface area (Å²) < 4.78 is 0. The van der Waals surface area contributed by atoms with Gasteiger partial charge >= 0.3 is 0 Å². The largest absolute Gasteiger partial charge is 0.481 e. The molecule has 0 spiro atoms. The van der Waals surface area contributed by atoms with Crippen molar-refractivity contribution < 1.29 is 19.5 Å². The molecule has 0 saturated carbocycles. The minimum atomic E-state index is -0.833. The third kappa shape index (κ3) is 10.7. The Bertz CT molecular complexity index is 393. The van der Waals surface area contributed by atoms with Gasteiger partial charge in [0, 0.05) is 6.92 Å². The van der Waals surface area contributed by atoms with E-state index in [1.54, 1.807) is 0 Å². The van der Waals surface area contributed by atoms with Crippen molar-refractivity contribution >= 4 is 17.8 Å². The van der Waals surface area contributed by atoms with Crippen LogP contribution in [0.3, 0.4) is 0 Å². The Morgan fingerprint density at radius 1 is 1.13 bits per heavy atom. The number of piperazine rings is 1. The summed E-state index contributed by atoms with van der Waals surface area (Å²) in [6, 6.07) is -0.705. The lowest BCUT2D eigenvalue weighted by molar-refractivity contribution is -0.137. The Morgan fingerprint density at radius 3 is 2.09 bits per heavy atom. The molecule has 0 aromatic carbocycles. The summed E-state index contributed by atoms with van der Waals surface area (Å²) in [7, 11) is 4.07. The van der Waals surface area contributed by atoms with Crippen molar-refractivity contribution in [1.29, 1.82) is 0 Å². The summed E-state index contributed by atoms with van der Waals surface area (Å²) in [5.41, 5.74) is 0. The second kappa shape index (κ2) is 11.0. The monoisotopic (exact) mass is 329 g/mol. The van der Waals surface area contributed by atoms with Gasteiger partial charge in [-0.2, -0.15) is 0 Å². The van der Waals surface area contributed by atoms with E-state index < -0.39 is 5.97 Å². The molecule has 1 heterocycles. The number of hydrogen-bond donors (Lipinski definition) is 3. The first-order chi connectivity index (χ1) is 10.6. The van der Waals surface area contributed by atoms with Crippen LogP contribution in [0.2, 0.25) is 0 Å². The van der Waals surface area contributed by atoms with Crippen LogP contribution in [-0.4, -0.2) is 60.5 Å². The number of carboxylic acid groups (broad SMARTS) is 1. The van der Waals surface area contributed by atoms with Crippen LogP contribution in [0.1, 0.15) is 46.5 Å². The lowest BCUT2D eigenvalue weighted by atomic mass is 9.98. The fraction of sp³-hybridized carbons (Fsp3) is 0.812. The van der Waals surface area contributed by atoms with Gasteiger partial charge in [-0.15, -0.1) is 0 Å². The molecule has 134 valence electrons. The molecule has 2 amide bonds. The van der Waals surface area contributed by atoms with E-state index >= 15 is 0 Å². The van der Waals surface area contributed by atoms with Crippen molar-refractivity contribution in [3.8, 4) is 0 Å². The first kappa shape index (κ1) is 21.4. The molecule has 7 heteroatoms. The van der Waals surface area contributed by atoms with Gasteiger partial charge in [0.2, 0.25) is 11.8 Å². The maximum Gasteiger partial charge on any atom is 0.300 e. The second-order valence-corrected chi connectivity index (χ2v) is 6.57. The SMILES string of the molecule is CC(=O)O.CC(C)C[C@@H]1NC(=O)[C@H](CCCCN(C)C)NC1=O. The predicted octanol–water partition coefficient (Wildman–Crippen LogP) is 0.839. The molecule has 1 aliphatic rings. The van der Waals surface area contributed by atoms with E-state index in [1.807, 2.05) is 27.9 Å². The van der Waals surface area contributed by atoms with Gasteiger partial charge in [0.25, 0.3) is 5.97 Å². The van der Waals surface area contributed by atoms with E-state index in [0.717, 1.165) is 32.7 Å². The maximum atomic E-state index is 11.9. The van der Waals surface area contributed by atoms with E-state index in [4.69, 9.17) is 9.90 Å². The third-order valence-electron chi connectivity index (χ3n) is 3.32. The van der Waals surface area contributed by atoms with E-state index in [1.165, 1.54) is 0 Å². The summed E-state index contributed by atoms with van der Waals surface area (Å²) in [5, 5.41) is 13.1. The third-order valence-corrected chi connectivity index (χ3v) is 3.32. The van der Waals surface area contributed by atoms with E-state index in [-0.39, 0.29) is 23.9 Å². The van der Waals surface area contributed by atoms with Crippen molar-refractivity contribution in [2.24, 2.45) is 5.92 Å². The summed E-state index contributed by atoms with van der Waals surface area (Å²) in [6.07, 6.45) is 3.41. The van der Waals surface area contributed by atoms with Crippen LogP contribution < -0.4 is 10.6 Å². The van der Waals surface area contributed by atoms with Crippen molar-refractivity contribution in [3.63, 3.8) is 0 Å². The molecule has 7 nitrogen and oxygen atoms in total. The van der Waals surface area contributed by atoms with Crippen molar-refractivity contribution in [3.05, 3.63) is 0 Å². The highest BCUT2D eigenvalue weighted by Crippen LogP contribution is 2.11. The van der Waals surface area contributed by atoms with Gasteiger partial charge in [0.1, 0.15) is 12.1 Å². The summed E-state index contributed by atoms with van der Waals surface area (Å²) in [6.45, 7) is 6.19. The molecule has 1 fully saturated rings. The molecule has 0 aromatic rings. The van der Waals surface area contributed by atoms with Gasteiger partial charge in [0.15, 0.2) is 0 Å². The predicted molar refractivity (Wildman–Crippen MR) is 89.0 cm³/mol. The first-order valence-electron chi connectivity index (χ1n) is 8.08. The highest BCUT2D eigenvalue weighted by atomic mass is 16.4. The molecule has 23 heavy (non-hydrogen) atoms. The minimum absolute atomic E-state index is 0.0323. The Balaban J connectivity index is 0.00000108. The molecule has 1 saturated heterocycles. The molecule has 1 rings (SSSR count). The van der Waals surface area contributed by atoms with Crippen LogP contribution in [-0.2, 0) is 14.4 Å². The summed E-state index contributed by atoms with van der Waals surface area (Å²) >= 11 is 0. The lowest BCUT2D eigenvalue weighted by Crippen LogP contribution is -2.61. The molecule has 0 radical (unpaired) electrons. The zero-order valence-corrected chi connectivity index (χ0v) is 14.9. The van der Waals surface area contributed by atoms with Crippen LogP contribution in [0.15, 0.2) is 0 Å². The Hall–Kier alpha value is -1.63. The van der Waals surface area contributed by atoms with E-state index in [2.05, 4.69) is 15.5 Å². The van der Waals surface area contributed by atoms with E-state index in [0.29, 0.717) is 12.3 Å². The number of nitrogens with one attached hydrogen (secondary N) is 2. The topological polar surface area (TPSA) is 98.7 Å². The molecule has 0 unspecified atom stereocenters. The number of carbonyl (C=O) groups excluding carboxylic acids is 2. The van der Waals surface area contributed by atoms with Crippen molar-refractivity contribution in [1.82, 2.24) is 15.5 Å². The van der Waals surface area contributed by atoms with E-state index in [9.17, 15) is 9.59 Å². The quantitative estimate of drug-likeness (QED) is 0.601. The number of carbonyl (C=O) groups is 3. The van der Waals surface area contributed by atoms with Crippen LogP contribution >= 0.6 is 0 Å². The lowest BCUT2D eigenvalue weighted by Gasteiger charge is -2.30. The number of hydrogen-bond acceptors (Lipinski definition) is 4. The van der Waals surface area contributed by atoms with Gasteiger partial charge < -0.3 is 20.6 Å². The van der Waals surface area contributed by atoms with Crippen molar-refractivity contribution in [2.75, 3.05) is 20.6 Å². The Labute approximate surface area is 138 Å². The van der Waals surface area contributed by atoms with Crippen LogP contribution in [0.4, 0.5) is 0 Å². The highest BCUT2D eigenvalue weighted by Gasteiger charge is 2.33. The minimum Gasteiger partial charge on any atom is -0.481 e. The molecular weight excluding hydrogens is 298 g/mol. The molecule has 2 atom stereocenters. The van der Waals surface area contributed by atoms with Gasteiger partial charge in [-0.1, -0.05) is 13.8 Å². The smallest absolute Gasteiger partial charge is 0.300 e. The Kier molecular flexibility index (Phi) is 10.2. The van der Waals surface area contributed by atoms with Gasteiger partial charge in [-0.25, -0.2) is 0 Å². The number of nitrogens with zero attached hydrogens (tertiary/aromatic N) is 1. The number of carboxylic acids is 1. The van der Waals surface area contributed by atoms with Crippen LogP contribution in [0, 0.1) is 5.92 Å².